The molecule has 1 nitrogen and oxygen atoms in total. The van der Waals surface area contributed by atoms with Crippen LogP contribution in [0.1, 0.15) is 5.56 Å². The van der Waals surface area contributed by atoms with Gasteiger partial charge in [-0.2, -0.15) is 0 Å². The number of hydrogen-bond acceptors (Lipinski definition) is 0. The van der Waals surface area contributed by atoms with Crippen LogP contribution in [0, 0.1) is 6.92 Å². The van der Waals surface area contributed by atoms with Crippen molar-refractivity contribution in [2.45, 2.75) is 13.5 Å². The number of nitrogens with zero attached hydrogens (tertiary/aromatic N) is 1. The van der Waals surface area contributed by atoms with Gasteiger partial charge in [-0.3, -0.25) is 0 Å². The van der Waals surface area contributed by atoms with E-state index in [2.05, 4.69) is 42.0 Å². The van der Waals surface area contributed by atoms with Crippen LogP contribution in [0.2, 0.25) is 0 Å². The van der Waals surface area contributed by atoms with Crippen molar-refractivity contribution in [2.24, 2.45) is 0 Å². The maximum absolute atomic E-state index is 5.50. The Labute approximate surface area is 88.6 Å². The minimum absolute atomic E-state index is 0.829. The van der Waals surface area contributed by atoms with E-state index in [0.29, 0.717) is 0 Å². The topological polar surface area (TPSA) is 4.93 Å². The van der Waals surface area contributed by atoms with Crippen LogP contribution in [0.5, 0.6) is 0 Å². The Kier molecular flexibility index (Phi) is 2.60. The minimum atomic E-state index is 0.829. The average molecular weight is 206 g/mol. The van der Waals surface area contributed by atoms with Crippen molar-refractivity contribution in [3.05, 3.63) is 47.6 Å². The molecule has 1 aromatic heterocycles. The second-order valence-electron chi connectivity index (χ2n) is 3.39. The number of aryl methyl sites for hydroxylation is 1. The second-order valence-corrected chi connectivity index (χ2v) is 3.64. The Morgan fingerprint density at radius 3 is 3.00 bits per heavy atom. The lowest BCUT2D eigenvalue weighted by Crippen LogP contribution is -1.91. The van der Waals surface area contributed by atoms with E-state index in [0.717, 1.165) is 6.54 Å². The number of halogens is 1. The molecule has 14 heavy (non-hydrogen) atoms. The molecule has 0 saturated heterocycles. The van der Waals surface area contributed by atoms with Gasteiger partial charge in [0.15, 0.2) is 0 Å². The third-order valence-corrected chi connectivity index (χ3v) is 2.50. The van der Waals surface area contributed by atoms with Crippen LogP contribution >= 0.6 is 11.6 Å². The largest absolute Gasteiger partial charge is 0.344 e. The van der Waals surface area contributed by atoms with Crippen LogP contribution in [-0.2, 0) is 6.54 Å². The molecule has 0 aliphatic rings. The fraction of sp³-hybridized carbons (Fsp3) is 0.167. The molecular weight excluding hydrogens is 194 g/mol. The van der Waals surface area contributed by atoms with Gasteiger partial charge >= 0.3 is 0 Å². The van der Waals surface area contributed by atoms with Gasteiger partial charge in [-0.05, 0) is 30.5 Å². The van der Waals surface area contributed by atoms with Crippen LogP contribution in [0.4, 0.5) is 0 Å². The Morgan fingerprint density at radius 2 is 2.21 bits per heavy atom. The van der Waals surface area contributed by atoms with Crippen molar-refractivity contribution < 1.29 is 0 Å². The van der Waals surface area contributed by atoms with E-state index in [1.165, 1.54) is 16.5 Å². The van der Waals surface area contributed by atoms with Gasteiger partial charge in [-0.15, -0.1) is 0 Å². The first-order chi connectivity index (χ1) is 6.81. The maximum atomic E-state index is 5.50. The fourth-order valence-electron chi connectivity index (χ4n) is 1.63. The zero-order valence-electron chi connectivity index (χ0n) is 8.07. The highest BCUT2D eigenvalue weighted by Crippen LogP contribution is 2.17. The predicted molar refractivity (Wildman–Crippen MR) is 61.7 cm³/mol. The van der Waals surface area contributed by atoms with E-state index in [-0.39, 0.29) is 0 Å². The van der Waals surface area contributed by atoms with Gasteiger partial charge in [0.2, 0.25) is 0 Å². The lowest BCUT2D eigenvalue weighted by atomic mass is 10.2. The van der Waals surface area contributed by atoms with E-state index < -0.39 is 0 Å². The zero-order chi connectivity index (χ0) is 9.97. The second kappa shape index (κ2) is 3.89. The number of hydrogen-bond donors (Lipinski definition) is 0. The highest BCUT2D eigenvalue weighted by Gasteiger charge is 1.98. The minimum Gasteiger partial charge on any atom is -0.344 e. The number of aromatic nitrogens is 1. The number of fused-ring (bicyclic) bond motifs is 1. The monoisotopic (exact) mass is 205 g/mol. The summed E-state index contributed by atoms with van der Waals surface area (Å²) >= 11 is 5.50. The van der Waals surface area contributed by atoms with E-state index in [1.54, 1.807) is 5.54 Å². The van der Waals surface area contributed by atoms with Crippen molar-refractivity contribution in [3.8, 4) is 0 Å². The van der Waals surface area contributed by atoms with E-state index in [1.807, 2.05) is 6.08 Å². The van der Waals surface area contributed by atoms with E-state index >= 15 is 0 Å². The first-order valence-electron chi connectivity index (χ1n) is 4.62. The Hall–Kier alpha value is -1.21. The summed E-state index contributed by atoms with van der Waals surface area (Å²) < 4.78 is 2.17. The summed E-state index contributed by atoms with van der Waals surface area (Å²) in [4.78, 5) is 0. The molecule has 0 unspecified atom stereocenters. The lowest BCUT2D eigenvalue weighted by Gasteiger charge is -2.00. The van der Waals surface area contributed by atoms with Crippen LogP contribution in [0.25, 0.3) is 10.9 Å². The van der Waals surface area contributed by atoms with Gasteiger partial charge < -0.3 is 4.57 Å². The molecule has 0 spiro atoms. The van der Waals surface area contributed by atoms with Crippen LogP contribution in [0.15, 0.2) is 42.1 Å². The zero-order valence-corrected chi connectivity index (χ0v) is 8.83. The molecular formula is C12H12ClN. The summed E-state index contributed by atoms with van der Waals surface area (Å²) in [5.74, 6) is 0. The Morgan fingerprint density at radius 1 is 1.36 bits per heavy atom. The third-order valence-electron chi connectivity index (χ3n) is 2.32. The molecule has 0 aliphatic carbocycles. The molecule has 0 aliphatic heterocycles. The van der Waals surface area contributed by atoms with Gasteiger partial charge in [0.25, 0.3) is 0 Å². The molecule has 2 heteroatoms. The first-order valence-corrected chi connectivity index (χ1v) is 5.05. The molecule has 1 heterocycles. The fourth-order valence-corrected chi connectivity index (χ4v) is 1.71. The summed E-state index contributed by atoms with van der Waals surface area (Å²) in [7, 11) is 0. The van der Waals surface area contributed by atoms with Gasteiger partial charge in [0.1, 0.15) is 0 Å². The number of rotatable bonds is 2. The van der Waals surface area contributed by atoms with Gasteiger partial charge in [0.05, 0.1) is 0 Å². The molecule has 0 amide bonds. The lowest BCUT2D eigenvalue weighted by molar-refractivity contribution is 0.864. The summed E-state index contributed by atoms with van der Waals surface area (Å²) in [6.45, 7) is 2.94. The standard InChI is InChI=1S/C12H12ClN/c1-10-3-4-12-11(9-10)5-8-14(12)7-2-6-13/h2-6,8-9H,7H2,1H3/b6-2+. The molecule has 0 saturated carbocycles. The molecule has 0 atom stereocenters. The highest BCUT2D eigenvalue weighted by molar-refractivity contribution is 6.25. The molecule has 72 valence electrons. The molecule has 0 bridgehead atoms. The van der Waals surface area contributed by atoms with E-state index in [4.69, 9.17) is 11.6 Å². The molecule has 2 rings (SSSR count). The quantitative estimate of drug-likeness (QED) is 0.705. The van der Waals surface area contributed by atoms with Gasteiger partial charge in [-0.1, -0.05) is 29.3 Å². The van der Waals surface area contributed by atoms with Crippen molar-refractivity contribution in [2.75, 3.05) is 0 Å². The molecule has 0 N–H and O–H groups in total. The maximum Gasteiger partial charge on any atom is 0.0483 e. The average Bonchev–Trinajstić information content (AvgIpc) is 2.57. The Balaban J connectivity index is 2.47. The summed E-state index contributed by atoms with van der Waals surface area (Å²) in [5.41, 5.74) is 4.11. The smallest absolute Gasteiger partial charge is 0.0483 e. The molecule has 0 radical (unpaired) electrons. The van der Waals surface area contributed by atoms with Crippen molar-refractivity contribution in [1.29, 1.82) is 0 Å². The molecule has 0 fully saturated rings. The normalized spacial score (nSPS) is 11.6. The summed E-state index contributed by atoms with van der Waals surface area (Å²) in [6, 6.07) is 8.59. The summed E-state index contributed by atoms with van der Waals surface area (Å²) in [6.07, 6.45) is 4.02. The highest BCUT2D eigenvalue weighted by atomic mass is 35.5. The predicted octanol–water partition coefficient (Wildman–Crippen LogP) is 3.70. The van der Waals surface area contributed by atoms with Crippen molar-refractivity contribution >= 4 is 22.5 Å². The van der Waals surface area contributed by atoms with Crippen molar-refractivity contribution in [1.82, 2.24) is 4.57 Å². The van der Waals surface area contributed by atoms with E-state index in [9.17, 15) is 0 Å². The SMILES string of the molecule is Cc1ccc2c(ccn2C/C=C/Cl)c1. The number of allylic oxidation sites excluding steroid dienone is 1. The molecule has 1 aromatic carbocycles. The van der Waals surface area contributed by atoms with Gasteiger partial charge in [-0.25, -0.2) is 0 Å². The van der Waals surface area contributed by atoms with Crippen LogP contribution in [-0.4, -0.2) is 4.57 Å². The summed E-state index contributed by atoms with van der Waals surface area (Å²) in [5, 5.41) is 1.29. The number of benzene rings is 1. The Bertz CT molecular complexity index is 468. The van der Waals surface area contributed by atoms with Gasteiger partial charge in [0, 0.05) is 23.8 Å². The first kappa shape index (κ1) is 9.35. The third kappa shape index (κ3) is 1.68. The van der Waals surface area contributed by atoms with Crippen LogP contribution in [0.3, 0.4) is 0 Å². The van der Waals surface area contributed by atoms with Crippen LogP contribution < -0.4 is 0 Å². The molecule has 2 aromatic rings. The van der Waals surface area contributed by atoms with Crippen molar-refractivity contribution in [3.63, 3.8) is 0 Å².